The normalized spacial score (nSPS) is 11.0. The fraction of sp³-hybridized carbons (Fsp3) is 0.103. The van der Waals surface area contributed by atoms with Crippen LogP contribution in [0.15, 0.2) is 91.3 Å². The summed E-state index contributed by atoms with van der Waals surface area (Å²) < 4.78 is 41.1. The molecule has 0 aliphatic heterocycles. The summed E-state index contributed by atoms with van der Waals surface area (Å²) in [7, 11) is 0. The summed E-state index contributed by atoms with van der Waals surface area (Å²) in [5.74, 6) is -2.04. The zero-order chi connectivity index (χ0) is 28.7. The summed E-state index contributed by atoms with van der Waals surface area (Å²) >= 11 is 0. The Balaban J connectivity index is 1.34. The molecule has 4 rings (SSSR count). The number of anilines is 1. The van der Waals surface area contributed by atoms with E-state index in [1.807, 2.05) is 0 Å². The van der Waals surface area contributed by atoms with E-state index in [-0.39, 0.29) is 29.3 Å². The van der Waals surface area contributed by atoms with Gasteiger partial charge in [-0.1, -0.05) is 36.4 Å². The summed E-state index contributed by atoms with van der Waals surface area (Å²) in [6, 6.07) is 21.5. The molecule has 0 saturated heterocycles. The quantitative estimate of drug-likeness (QED) is 0.255. The largest absolute Gasteiger partial charge is 0.508 e. The molecule has 8 nitrogen and oxygen atoms in total. The van der Waals surface area contributed by atoms with E-state index >= 15 is 0 Å². The highest BCUT2D eigenvalue weighted by atomic mass is 19.4. The van der Waals surface area contributed by atoms with Crippen LogP contribution in [0.5, 0.6) is 5.75 Å². The minimum Gasteiger partial charge on any atom is -0.508 e. The van der Waals surface area contributed by atoms with Crippen LogP contribution in [0.1, 0.15) is 36.6 Å². The highest BCUT2D eigenvalue weighted by molar-refractivity contribution is 6.05. The van der Waals surface area contributed by atoms with Crippen LogP contribution in [0.3, 0.4) is 0 Å². The number of pyridine rings is 1. The van der Waals surface area contributed by atoms with Gasteiger partial charge in [-0.05, 0) is 59.2 Å². The molecule has 0 radical (unpaired) electrons. The predicted molar refractivity (Wildman–Crippen MR) is 140 cm³/mol. The summed E-state index contributed by atoms with van der Waals surface area (Å²) in [5.41, 5.74) is 2.95. The van der Waals surface area contributed by atoms with Gasteiger partial charge >= 0.3 is 12.1 Å². The highest BCUT2D eigenvalue weighted by Crippen LogP contribution is 2.22. The van der Waals surface area contributed by atoms with Crippen LogP contribution in [-0.4, -0.2) is 40.7 Å². The number of ether oxygens (including phenoxy) is 1. The van der Waals surface area contributed by atoms with Gasteiger partial charge in [-0.15, -0.1) is 0 Å². The predicted octanol–water partition coefficient (Wildman–Crippen LogP) is 5.36. The van der Waals surface area contributed by atoms with Crippen molar-refractivity contribution in [3.63, 3.8) is 0 Å². The van der Waals surface area contributed by atoms with Gasteiger partial charge in [-0.25, -0.2) is 4.79 Å². The second kappa shape index (κ2) is 12.1. The number of phenols is 1. The van der Waals surface area contributed by atoms with Gasteiger partial charge in [0, 0.05) is 30.2 Å². The maximum atomic E-state index is 12.6. The Kier molecular flexibility index (Phi) is 8.43. The topological polar surface area (TPSA) is 118 Å². The molecule has 0 saturated carbocycles. The second-order valence-corrected chi connectivity index (χ2v) is 8.62. The lowest BCUT2D eigenvalue weighted by molar-refractivity contribution is -0.161. The van der Waals surface area contributed by atoms with Crippen molar-refractivity contribution in [3.05, 3.63) is 114 Å². The first kappa shape index (κ1) is 27.8. The van der Waals surface area contributed by atoms with Crippen LogP contribution in [-0.2, 0) is 11.3 Å². The van der Waals surface area contributed by atoms with Gasteiger partial charge in [0.1, 0.15) is 5.75 Å². The van der Waals surface area contributed by atoms with Crippen LogP contribution in [0.4, 0.5) is 18.9 Å². The maximum Gasteiger partial charge on any atom is 0.422 e. The minimum absolute atomic E-state index is 0.0593. The van der Waals surface area contributed by atoms with E-state index in [1.165, 1.54) is 0 Å². The molecular formula is C29H22F3N3O5. The molecule has 3 aromatic carbocycles. The van der Waals surface area contributed by atoms with Gasteiger partial charge in [-0.3, -0.25) is 14.6 Å². The Morgan fingerprint density at radius 3 is 2.12 bits per heavy atom. The number of alkyl halides is 3. The van der Waals surface area contributed by atoms with Crippen molar-refractivity contribution in [3.8, 4) is 16.9 Å². The lowest BCUT2D eigenvalue weighted by Gasteiger charge is -2.10. The molecule has 3 N–H and O–H groups in total. The number of esters is 1. The van der Waals surface area contributed by atoms with E-state index in [2.05, 4.69) is 20.4 Å². The molecule has 0 spiro atoms. The van der Waals surface area contributed by atoms with Gasteiger partial charge in [0.25, 0.3) is 11.8 Å². The van der Waals surface area contributed by atoms with E-state index in [0.717, 1.165) is 29.6 Å². The Labute approximate surface area is 226 Å². The fourth-order valence-electron chi connectivity index (χ4n) is 3.62. The smallest absolute Gasteiger partial charge is 0.422 e. The molecule has 204 valence electrons. The first-order chi connectivity index (χ1) is 19.1. The molecule has 2 amide bonds. The first-order valence-corrected chi connectivity index (χ1v) is 11.8. The van der Waals surface area contributed by atoms with Crippen molar-refractivity contribution in [1.29, 1.82) is 0 Å². The number of phenolic OH excluding ortho intramolecular Hbond substituents is 1. The number of rotatable bonds is 8. The standard InChI is InChI=1S/C29H22F3N3O5/c30-29(31,32)17-40-28(39)23-13-22(15-33-16-23)27(38)35-24-3-1-2-18(12-24)14-34-26(37)21-6-4-19(5-7-21)20-8-10-25(36)11-9-20/h1-13,15-16,36H,14,17H2,(H,34,37)(H,35,38). The first-order valence-electron chi connectivity index (χ1n) is 11.8. The number of hydrogen-bond acceptors (Lipinski definition) is 6. The summed E-state index contributed by atoms with van der Waals surface area (Å²) in [4.78, 5) is 40.9. The number of benzene rings is 3. The summed E-state index contributed by atoms with van der Waals surface area (Å²) in [5, 5.41) is 14.9. The molecule has 0 bridgehead atoms. The van der Waals surface area contributed by atoms with E-state index in [0.29, 0.717) is 16.8 Å². The van der Waals surface area contributed by atoms with Crippen LogP contribution in [0.25, 0.3) is 11.1 Å². The number of aromatic hydroxyl groups is 1. The fourth-order valence-corrected chi connectivity index (χ4v) is 3.62. The molecule has 0 aliphatic carbocycles. The zero-order valence-electron chi connectivity index (χ0n) is 20.7. The SMILES string of the molecule is O=C(NCc1cccc(NC(=O)c2cncc(C(=O)OCC(F)(F)F)c2)c1)c1ccc(-c2ccc(O)cc2)cc1. The zero-order valence-corrected chi connectivity index (χ0v) is 20.7. The summed E-state index contributed by atoms with van der Waals surface area (Å²) in [6.45, 7) is -1.58. The molecule has 40 heavy (non-hydrogen) atoms. The average Bonchev–Trinajstić information content (AvgIpc) is 2.95. The van der Waals surface area contributed by atoms with Crippen LogP contribution >= 0.6 is 0 Å². The number of aromatic nitrogens is 1. The van der Waals surface area contributed by atoms with E-state index < -0.39 is 24.7 Å². The number of hydrogen-bond donors (Lipinski definition) is 3. The Hall–Kier alpha value is -5.19. The van der Waals surface area contributed by atoms with Crippen molar-refractivity contribution in [1.82, 2.24) is 10.3 Å². The van der Waals surface area contributed by atoms with Gasteiger partial charge < -0.3 is 20.5 Å². The third kappa shape index (κ3) is 7.67. The highest BCUT2D eigenvalue weighted by Gasteiger charge is 2.30. The lowest BCUT2D eigenvalue weighted by atomic mass is 10.0. The molecule has 0 unspecified atom stereocenters. The molecule has 1 aromatic heterocycles. The molecular weight excluding hydrogens is 527 g/mol. The Morgan fingerprint density at radius 2 is 1.45 bits per heavy atom. The van der Waals surface area contributed by atoms with Gasteiger partial charge in [0.05, 0.1) is 11.1 Å². The van der Waals surface area contributed by atoms with Gasteiger partial charge in [-0.2, -0.15) is 13.2 Å². The number of carbonyl (C=O) groups is 3. The van der Waals surface area contributed by atoms with E-state index in [4.69, 9.17) is 0 Å². The number of halogens is 3. The van der Waals surface area contributed by atoms with Crippen molar-refractivity contribution in [2.75, 3.05) is 11.9 Å². The number of amides is 2. The van der Waals surface area contributed by atoms with Gasteiger partial charge in [0.15, 0.2) is 6.61 Å². The lowest BCUT2D eigenvalue weighted by Crippen LogP contribution is -2.22. The number of nitrogens with zero attached hydrogens (tertiary/aromatic N) is 1. The van der Waals surface area contributed by atoms with Crippen molar-refractivity contribution < 1.29 is 37.4 Å². The van der Waals surface area contributed by atoms with E-state index in [1.54, 1.807) is 72.8 Å². The van der Waals surface area contributed by atoms with Gasteiger partial charge in [0.2, 0.25) is 0 Å². The number of carbonyl (C=O) groups excluding carboxylic acids is 3. The molecule has 11 heteroatoms. The van der Waals surface area contributed by atoms with Crippen molar-refractivity contribution >= 4 is 23.5 Å². The third-order valence-electron chi connectivity index (χ3n) is 5.59. The summed E-state index contributed by atoms with van der Waals surface area (Å²) in [6.07, 6.45) is -2.52. The monoisotopic (exact) mass is 549 g/mol. The van der Waals surface area contributed by atoms with Crippen molar-refractivity contribution in [2.45, 2.75) is 12.7 Å². The molecule has 0 fully saturated rings. The Morgan fingerprint density at radius 1 is 0.800 bits per heavy atom. The van der Waals surface area contributed by atoms with Crippen LogP contribution < -0.4 is 10.6 Å². The Bertz CT molecular complexity index is 1520. The van der Waals surface area contributed by atoms with Crippen LogP contribution in [0.2, 0.25) is 0 Å². The maximum absolute atomic E-state index is 12.6. The molecule has 4 aromatic rings. The second-order valence-electron chi connectivity index (χ2n) is 8.62. The molecule has 0 aliphatic rings. The van der Waals surface area contributed by atoms with Crippen molar-refractivity contribution in [2.24, 2.45) is 0 Å². The average molecular weight is 550 g/mol. The number of nitrogens with one attached hydrogen (secondary N) is 2. The minimum atomic E-state index is -4.68. The molecule has 0 atom stereocenters. The van der Waals surface area contributed by atoms with E-state index in [9.17, 15) is 32.7 Å². The molecule has 1 heterocycles. The van der Waals surface area contributed by atoms with Crippen LogP contribution in [0, 0.1) is 0 Å². The third-order valence-corrected chi connectivity index (χ3v) is 5.59.